The largest absolute Gasteiger partial charge is 0.496 e. The Bertz CT molecular complexity index is 470. The van der Waals surface area contributed by atoms with Crippen LogP contribution in [0.15, 0.2) is 23.3 Å². The minimum absolute atomic E-state index is 0.160. The Hall–Kier alpha value is -2.31. The van der Waals surface area contributed by atoms with E-state index in [1.165, 1.54) is 25.3 Å². The summed E-state index contributed by atoms with van der Waals surface area (Å²) in [6.07, 6.45) is 0. The monoisotopic (exact) mass is 238 g/mol. The van der Waals surface area contributed by atoms with Gasteiger partial charge in [0.25, 0.3) is 5.69 Å². The average Bonchev–Trinajstić information content (AvgIpc) is 2.35. The number of non-ortho nitro benzene ring substituents is 1. The maximum Gasteiger partial charge on any atom is 0.269 e. The number of azide groups is 1. The maximum absolute atomic E-state index is 10.6. The molecule has 0 radical (unpaired) electrons. The third kappa shape index (κ3) is 2.83. The fraction of sp³-hybridized carbons (Fsp3) is 0.333. The molecule has 1 N–H and O–H groups in total. The number of aliphatic hydroxyl groups excluding tert-OH is 1. The number of nitro groups is 1. The number of hydrogen-bond acceptors (Lipinski definition) is 5. The van der Waals surface area contributed by atoms with Crippen LogP contribution in [0.1, 0.15) is 11.6 Å². The first-order valence-corrected chi connectivity index (χ1v) is 4.61. The van der Waals surface area contributed by atoms with Gasteiger partial charge in [-0.15, -0.1) is 0 Å². The fourth-order valence-electron chi connectivity index (χ4n) is 1.36. The summed E-state index contributed by atoms with van der Waals surface area (Å²) in [6.45, 7) is -0.457. The highest BCUT2D eigenvalue weighted by atomic mass is 16.6. The van der Waals surface area contributed by atoms with Crippen molar-refractivity contribution in [2.75, 3.05) is 13.7 Å². The summed E-state index contributed by atoms with van der Waals surface area (Å²) in [6, 6.07) is 2.97. The minimum atomic E-state index is -0.908. The van der Waals surface area contributed by atoms with Crippen LogP contribution >= 0.6 is 0 Å². The molecule has 0 heterocycles. The lowest BCUT2D eigenvalue weighted by Crippen LogP contribution is -2.03. The van der Waals surface area contributed by atoms with Crippen LogP contribution in [-0.2, 0) is 0 Å². The number of aliphatic hydroxyl groups is 1. The number of nitrogens with zero attached hydrogens (tertiary/aromatic N) is 4. The van der Waals surface area contributed by atoms with Crippen molar-refractivity contribution in [3.63, 3.8) is 0 Å². The highest BCUT2D eigenvalue weighted by molar-refractivity contribution is 5.45. The van der Waals surface area contributed by atoms with E-state index in [2.05, 4.69) is 10.0 Å². The van der Waals surface area contributed by atoms with Crippen molar-refractivity contribution in [1.82, 2.24) is 0 Å². The molecule has 0 amide bonds. The summed E-state index contributed by atoms with van der Waals surface area (Å²) >= 11 is 0. The van der Waals surface area contributed by atoms with Crippen LogP contribution in [0.3, 0.4) is 0 Å². The topological polar surface area (TPSA) is 121 Å². The highest BCUT2D eigenvalue weighted by Crippen LogP contribution is 2.31. The van der Waals surface area contributed by atoms with Gasteiger partial charge in [-0.25, -0.2) is 0 Å². The van der Waals surface area contributed by atoms with E-state index < -0.39 is 17.6 Å². The van der Waals surface area contributed by atoms with E-state index >= 15 is 0 Å². The lowest BCUT2D eigenvalue weighted by Gasteiger charge is -2.12. The van der Waals surface area contributed by atoms with Gasteiger partial charge in [0.1, 0.15) is 5.75 Å². The summed E-state index contributed by atoms with van der Waals surface area (Å²) in [7, 11) is 1.38. The molecule has 1 aromatic carbocycles. The molecular weight excluding hydrogens is 228 g/mol. The zero-order chi connectivity index (χ0) is 12.8. The van der Waals surface area contributed by atoms with Crippen LogP contribution in [0.4, 0.5) is 5.69 Å². The minimum Gasteiger partial charge on any atom is -0.496 e. The summed E-state index contributed by atoms with van der Waals surface area (Å²) < 4.78 is 4.99. The number of benzene rings is 1. The predicted molar refractivity (Wildman–Crippen MR) is 58.6 cm³/mol. The van der Waals surface area contributed by atoms with Gasteiger partial charge < -0.3 is 9.84 Å². The molecule has 0 fully saturated rings. The fourth-order valence-corrected chi connectivity index (χ4v) is 1.36. The van der Waals surface area contributed by atoms with Crippen LogP contribution in [0.5, 0.6) is 5.75 Å². The van der Waals surface area contributed by atoms with E-state index in [4.69, 9.17) is 15.4 Å². The van der Waals surface area contributed by atoms with Gasteiger partial charge >= 0.3 is 0 Å². The number of nitro benzene ring substituents is 1. The molecule has 8 nitrogen and oxygen atoms in total. The first kappa shape index (κ1) is 12.8. The van der Waals surface area contributed by atoms with Crippen molar-refractivity contribution < 1.29 is 14.8 Å². The van der Waals surface area contributed by atoms with E-state index in [1.54, 1.807) is 0 Å². The zero-order valence-electron chi connectivity index (χ0n) is 8.98. The van der Waals surface area contributed by atoms with Gasteiger partial charge in [-0.1, -0.05) is 5.11 Å². The molecule has 0 saturated heterocycles. The Kier molecular flexibility index (Phi) is 4.27. The zero-order valence-corrected chi connectivity index (χ0v) is 8.98. The summed E-state index contributed by atoms with van der Waals surface area (Å²) in [5, 5.41) is 23.0. The first-order valence-electron chi connectivity index (χ1n) is 4.61. The molecule has 0 aliphatic heterocycles. The van der Waals surface area contributed by atoms with Crippen molar-refractivity contribution in [2.45, 2.75) is 6.04 Å². The Balaban J connectivity index is 3.30. The third-order valence-electron chi connectivity index (χ3n) is 2.15. The molecule has 0 bridgehead atoms. The molecule has 1 atom stereocenters. The van der Waals surface area contributed by atoms with Gasteiger partial charge in [0.05, 0.1) is 24.7 Å². The molecule has 17 heavy (non-hydrogen) atoms. The molecule has 1 aromatic rings. The first-order chi connectivity index (χ1) is 8.13. The second kappa shape index (κ2) is 5.69. The Morgan fingerprint density at radius 3 is 2.88 bits per heavy atom. The van der Waals surface area contributed by atoms with E-state index in [-0.39, 0.29) is 11.3 Å². The molecule has 0 aliphatic rings. The van der Waals surface area contributed by atoms with Crippen molar-refractivity contribution in [1.29, 1.82) is 0 Å². The molecule has 0 spiro atoms. The van der Waals surface area contributed by atoms with Gasteiger partial charge in [-0.3, -0.25) is 10.1 Å². The van der Waals surface area contributed by atoms with Gasteiger partial charge in [-0.05, 0) is 11.6 Å². The third-order valence-corrected chi connectivity index (χ3v) is 2.15. The molecule has 0 saturated carbocycles. The lowest BCUT2D eigenvalue weighted by molar-refractivity contribution is -0.385. The summed E-state index contributed by atoms with van der Waals surface area (Å²) in [5.74, 6) is 0.321. The van der Waals surface area contributed by atoms with Crippen molar-refractivity contribution in [3.8, 4) is 5.75 Å². The summed E-state index contributed by atoms with van der Waals surface area (Å²) in [4.78, 5) is 12.6. The van der Waals surface area contributed by atoms with Crippen LogP contribution < -0.4 is 4.74 Å². The van der Waals surface area contributed by atoms with Crippen LogP contribution in [0.2, 0.25) is 0 Å². The number of hydrogen-bond donors (Lipinski definition) is 1. The Morgan fingerprint density at radius 2 is 2.41 bits per heavy atom. The number of ether oxygens (including phenoxy) is 1. The maximum atomic E-state index is 10.6. The van der Waals surface area contributed by atoms with E-state index in [9.17, 15) is 10.1 Å². The molecule has 90 valence electrons. The van der Waals surface area contributed by atoms with Crippen LogP contribution in [-0.4, -0.2) is 23.7 Å². The lowest BCUT2D eigenvalue weighted by atomic mass is 10.1. The standard InChI is InChI=1S/C9H10N4O4/c1-17-9-3-2-6(13(15)16)4-7(9)8(5-14)11-12-10/h2-4,8,14H,5H2,1H3. The molecule has 0 aliphatic carbocycles. The Morgan fingerprint density at radius 1 is 1.71 bits per heavy atom. The van der Waals surface area contributed by atoms with E-state index in [1.807, 2.05) is 0 Å². The summed E-state index contributed by atoms with van der Waals surface area (Å²) in [5.41, 5.74) is 8.46. The Labute approximate surface area is 96.2 Å². The van der Waals surface area contributed by atoms with Gasteiger partial charge in [0, 0.05) is 22.6 Å². The second-order valence-corrected chi connectivity index (χ2v) is 3.09. The van der Waals surface area contributed by atoms with Crippen LogP contribution in [0, 0.1) is 10.1 Å². The molecule has 0 aromatic heterocycles. The second-order valence-electron chi connectivity index (χ2n) is 3.09. The quantitative estimate of drug-likeness (QED) is 0.277. The van der Waals surface area contributed by atoms with Gasteiger partial charge in [0.2, 0.25) is 0 Å². The molecular formula is C9H10N4O4. The average molecular weight is 238 g/mol. The smallest absolute Gasteiger partial charge is 0.269 e. The number of methoxy groups -OCH3 is 1. The van der Waals surface area contributed by atoms with E-state index in [0.717, 1.165) is 0 Å². The molecule has 1 unspecified atom stereocenters. The van der Waals surface area contributed by atoms with E-state index in [0.29, 0.717) is 5.75 Å². The number of rotatable bonds is 5. The van der Waals surface area contributed by atoms with Crippen LogP contribution in [0.25, 0.3) is 10.4 Å². The predicted octanol–water partition coefficient (Wildman–Crippen LogP) is 1.95. The normalized spacial score (nSPS) is 11.4. The molecule has 1 rings (SSSR count). The molecule has 8 heteroatoms. The van der Waals surface area contributed by atoms with Crippen molar-refractivity contribution >= 4 is 5.69 Å². The van der Waals surface area contributed by atoms with Gasteiger partial charge in [0.15, 0.2) is 0 Å². The van der Waals surface area contributed by atoms with Crippen molar-refractivity contribution in [3.05, 3.63) is 44.3 Å². The van der Waals surface area contributed by atoms with Gasteiger partial charge in [-0.2, -0.15) is 0 Å². The SMILES string of the molecule is COc1ccc([N+](=O)[O-])cc1C(CO)N=[N+]=[N-]. The van der Waals surface area contributed by atoms with Crippen molar-refractivity contribution in [2.24, 2.45) is 5.11 Å². The highest BCUT2D eigenvalue weighted by Gasteiger charge is 2.18.